The van der Waals surface area contributed by atoms with Crippen LogP contribution >= 0.6 is 0 Å². The molecule has 0 atom stereocenters. The normalized spacial score (nSPS) is 11.4. The largest absolute Gasteiger partial charge is 0.394 e. The smallest absolute Gasteiger partial charge is 0.290 e. The van der Waals surface area contributed by atoms with E-state index >= 15 is 0 Å². The number of aromatic nitrogens is 2. The summed E-state index contributed by atoms with van der Waals surface area (Å²) >= 11 is 0. The number of hydrogen-bond donors (Lipinski definition) is 4. The quantitative estimate of drug-likeness (QED) is 0.519. The van der Waals surface area contributed by atoms with Crippen LogP contribution in [0.2, 0.25) is 0 Å². The minimum Gasteiger partial charge on any atom is -0.394 e. The van der Waals surface area contributed by atoms with Crippen LogP contribution in [-0.4, -0.2) is 38.9 Å². The van der Waals surface area contributed by atoms with Gasteiger partial charge in [-0.2, -0.15) is 0 Å². The highest BCUT2D eigenvalue weighted by atomic mass is 16.3. The van der Waals surface area contributed by atoms with E-state index in [0.717, 1.165) is 0 Å². The molecule has 1 rings (SSSR count). The molecule has 0 saturated carbocycles. The summed E-state index contributed by atoms with van der Waals surface area (Å²) in [4.78, 5) is 17.6. The van der Waals surface area contributed by atoms with Gasteiger partial charge in [-0.3, -0.25) is 4.79 Å². The Bertz CT molecular complexity index is 351. The maximum absolute atomic E-state index is 11.3. The van der Waals surface area contributed by atoms with Crippen LogP contribution in [0.1, 0.15) is 13.3 Å². The molecule has 0 bridgehead atoms. The molecule has 84 valence electrons. The van der Waals surface area contributed by atoms with Crippen LogP contribution in [-0.2, 0) is 0 Å². The summed E-state index contributed by atoms with van der Waals surface area (Å²) < 4.78 is 0. The molecule has 15 heavy (non-hydrogen) atoms. The Balaban J connectivity index is 2.93. The second-order valence-corrected chi connectivity index (χ2v) is 3.34. The number of aromatic amines is 1. The van der Waals surface area contributed by atoms with Crippen molar-refractivity contribution in [3.05, 3.63) is 22.7 Å². The van der Waals surface area contributed by atoms with E-state index < -0.39 is 5.54 Å². The first kappa shape index (κ1) is 11.7. The van der Waals surface area contributed by atoms with Gasteiger partial charge in [-0.25, -0.2) is 4.98 Å². The van der Waals surface area contributed by atoms with E-state index in [2.05, 4.69) is 15.3 Å². The molecule has 0 aromatic carbocycles. The molecule has 0 fully saturated rings. The summed E-state index contributed by atoms with van der Waals surface area (Å²) in [6.45, 7) is 1.27. The van der Waals surface area contributed by atoms with Crippen molar-refractivity contribution < 1.29 is 10.2 Å². The van der Waals surface area contributed by atoms with E-state index in [9.17, 15) is 4.79 Å². The molecule has 0 unspecified atom stereocenters. The van der Waals surface area contributed by atoms with Crippen molar-refractivity contribution in [2.24, 2.45) is 0 Å². The topological polar surface area (TPSA) is 98.2 Å². The predicted molar refractivity (Wildman–Crippen MR) is 55.7 cm³/mol. The van der Waals surface area contributed by atoms with E-state index in [1.54, 1.807) is 6.92 Å². The van der Waals surface area contributed by atoms with Gasteiger partial charge in [0.25, 0.3) is 5.56 Å². The fourth-order valence-electron chi connectivity index (χ4n) is 1.13. The Morgan fingerprint density at radius 3 is 2.67 bits per heavy atom. The third-order valence-electron chi connectivity index (χ3n) is 2.37. The fraction of sp³-hybridized carbons (Fsp3) is 0.556. The first-order chi connectivity index (χ1) is 7.17. The van der Waals surface area contributed by atoms with Crippen molar-refractivity contribution in [1.29, 1.82) is 0 Å². The molecule has 0 saturated heterocycles. The number of hydrogen-bond acceptors (Lipinski definition) is 5. The molecule has 0 aliphatic carbocycles. The summed E-state index contributed by atoms with van der Waals surface area (Å²) in [5.74, 6) is 0.0995. The molecule has 0 aliphatic rings. The van der Waals surface area contributed by atoms with Crippen LogP contribution in [0.15, 0.2) is 17.2 Å². The Hall–Kier alpha value is -1.40. The van der Waals surface area contributed by atoms with E-state index in [1.807, 2.05) is 0 Å². The number of nitrogens with one attached hydrogen (secondary N) is 2. The number of H-pyrrole nitrogens is 1. The molecule has 1 aromatic heterocycles. The maximum atomic E-state index is 11.3. The number of aliphatic hydroxyl groups is 2. The third-order valence-corrected chi connectivity index (χ3v) is 2.37. The highest BCUT2D eigenvalue weighted by molar-refractivity contribution is 5.34. The number of nitrogens with zero attached hydrogens (tertiary/aromatic N) is 1. The van der Waals surface area contributed by atoms with Gasteiger partial charge in [-0.15, -0.1) is 0 Å². The maximum Gasteiger partial charge on any atom is 0.290 e. The van der Waals surface area contributed by atoms with E-state index in [0.29, 0.717) is 6.42 Å². The van der Waals surface area contributed by atoms with E-state index in [1.165, 1.54) is 12.4 Å². The molecule has 0 radical (unpaired) electrons. The van der Waals surface area contributed by atoms with E-state index in [4.69, 9.17) is 10.2 Å². The van der Waals surface area contributed by atoms with Gasteiger partial charge in [-0.1, -0.05) is 6.92 Å². The third kappa shape index (κ3) is 2.54. The Morgan fingerprint density at radius 2 is 2.20 bits per heavy atom. The molecule has 6 nitrogen and oxygen atoms in total. The van der Waals surface area contributed by atoms with Gasteiger partial charge in [0.1, 0.15) is 0 Å². The van der Waals surface area contributed by atoms with Gasteiger partial charge in [0.15, 0.2) is 5.82 Å². The van der Waals surface area contributed by atoms with Gasteiger partial charge in [-0.05, 0) is 6.42 Å². The lowest BCUT2D eigenvalue weighted by Crippen LogP contribution is -2.46. The second kappa shape index (κ2) is 4.90. The predicted octanol–water partition coefficient (Wildman–Crippen LogP) is -0.685. The van der Waals surface area contributed by atoms with Crippen LogP contribution in [0.25, 0.3) is 0 Å². The highest BCUT2D eigenvalue weighted by Crippen LogP contribution is 2.13. The molecule has 1 heterocycles. The van der Waals surface area contributed by atoms with E-state index in [-0.39, 0.29) is 24.6 Å². The lowest BCUT2D eigenvalue weighted by molar-refractivity contribution is 0.132. The van der Waals surface area contributed by atoms with Crippen molar-refractivity contribution in [2.75, 3.05) is 18.5 Å². The van der Waals surface area contributed by atoms with Crippen molar-refractivity contribution in [3.8, 4) is 0 Å². The molecule has 0 aliphatic heterocycles. The van der Waals surface area contributed by atoms with Crippen molar-refractivity contribution in [3.63, 3.8) is 0 Å². The molecule has 1 aromatic rings. The molecular weight excluding hydrogens is 198 g/mol. The number of rotatable bonds is 5. The van der Waals surface area contributed by atoms with Crippen LogP contribution < -0.4 is 10.9 Å². The Labute approximate surface area is 87.0 Å². The Morgan fingerprint density at radius 1 is 1.53 bits per heavy atom. The minimum atomic E-state index is -0.901. The molecule has 0 amide bonds. The minimum absolute atomic E-state index is 0.0995. The van der Waals surface area contributed by atoms with Crippen LogP contribution in [0, 0.1) is 0 Å². The lowest BCUT2D eigenvalue weighted by Gasteiger charge is -2.29. The molecule has 4 N–H and O–H groups in total. The summed E-state index contributed by atoms with van der Waals surface area (Å²) in [7, 11) is 0. The first-order valence-corrected chi connectivity index (χ1v) is 4.71. The van der Waals surface area contributed by atoms with Gasteiger partial charge in [0, 0.05) is 12.4 Å². The fourth-order valence-corrected chi connectivity index (χ4v) is 1.13. The standard InChI is InChI=1S/C9H15N3O3/c1-2-9(5-13,6-14)12-7-8(15)11-4-3-10-7/h3-4,13-14H,2,5-6H2,1H3,(H,10,12)(H,11,15). The lowest BCUT2D eigenvalue weighted by atomic mass is 9.99. The van der Waals surface area contributed by atoms with Gasteiger partial charge in [0.2, 0.25) is 0 Å². The van der Waals surface area contributed by atoms with Crippen LogP contribution in [0.3, 0.4) is 0 Å². The van der Waals surface area contributed by atoms with Crippen molar-refractivity contribution in [1.82, 2.24) is 9.97 Å². The zero-order valence-electron chi connectivity index (χ0n) is 8.53. The van der Waals surface area contributed by atoms with Crippen LogP contribution in [0.5, 0.6) is 0 Å². The first-order valence-electron chi connectivity index (χ1n) is 4.71. The molecular formula is C9H15N3O3. The summed E-state index contributed by atoms with van der Waals surface area (Å²) in [5, 5.41) is 21.1. The highest BCUT2D eigenvalue weighted by Gasteiger charge is 2.27. The van der Waals surface area contributed by atoms with Gasteiger partial charge in [0.05, 0.1) is 18.8 Å². The molecule has 6 heteroatoms. The zero-order chi connectivity index (χ0) is 11.3. The summed E-state index contributed by atoms with van der Waals surface area (Å²) in [5.41, 5.74) is -1.28. The zero-order valence-corrected chi connectivity index (χ0v) is 8.53. The second-order valence-electron chi connectivity index (χ2n) is 3.34. The van der Waals surface area contributed by atoms with Crippen molar-refractivity contribution >= 4 is 5.82 Å². The Kier molecular flexibility index (Phi) is 3.81. The average Bonchev–Trinajstić information content (AvgIpc) is 2.29. The number of anilines is 1. The van der Waals surface area contributed by atoms with Gasteiger partial charge < -0.3 is 20.5 Å². The van der Waals surface area contributed by atoms with Crippen molar-refractivity contribution in [2.45, 2.75) is 18.9 Å². The molecule has 0 spiro atoms. The SMILES string of the molecule is CCC(CO)(CO)Nc1ncc[nH]c1=O. The van der Waals surface area contributed by atoms with Crippen LogP contribution in [0.4, 0.5) is 5.82 Å². The number of aliphatic hydroxyl groups excluding tert-OH is 2. The summed E-state index contributed by atoms with van der Waals surface area (Å²) in [6.07, 6.45) is 3.33. The average molecular weight is 213 g/mol. The monoisotopic (exact) mass is 213 g/mol. The summed E-state index contributed by atoms with van der Waals surface area (Å²) in [6, 6.07) is 0. The van der Waals surface area contributed by atoms with Gasteiger partial charge >= 0.3 is 0 Å².